The Morgan fingerprint density at radius 1 is 1.31 bits per heavy atom. The standard InChI is InChI=1S/C19H22FN3O3/c1-14-11-22(13-19(26-14)6-8-25-9-7-19)18(24)15-10-21-23(12-15)17-5-3-2-4-16(17)20/h2-5,10,12,14H,6-9,11,13H2,1H3. The van der Waals surface area contributed by atoms with Crippen LogP contribution in [-0.4, -0.2) is 58.6 Å². The number of carbonyl (C=O) groups is 1. The first-order valence-electron chi connectivity index (χ1n) is 8.91. The van der Waals surface area contributed by atoms with Crippen molar-refractivity contribution < 1.29 is 18.7 Å². The fourth-order valence-corrected chi connectivity index (χ4v) is 3.78. The number of rotatable bonds is 2. The van der Waals surface area contributed by atoms with E-state index in [1.54, 1.807) is 24.4 Å². The van der Waals surface area contributed by atoms with Crippen LogP contribution in [-0.2, 0) is 9.47 Å². The van der Waals surface area contributed by atoms with Crippen LogP contribution in [0.4, 0.5) is 4.39 Å². The molecule has 2 aliphatic rings. The first-order chi connectivity index (χ1) is 12.6. The SMILES string of the molecule is CC1CN(C(=O)c2cnn(-c3ccccc3F)c2)CC2(CCOCC2)O1. The molecule has 1 atom stereocenters. The third-order valence-corrected chi connectivity index (χ3v) is 5.03. The van der Waals surface area contributed by atoms with E-state index in [1.807, 2.05) is 11.8 Å². The minimum atomic E-state index is -0.379. The lowest BCUT2D eigenvalue weighted by molar-refractivity contribution is -0.176. The van der Waals surface area contributed by atoms with Crippen molar-refractivity contribution in [2.45, 2.75) is 31.5 Å². The number of benzene rings is 1. The Morgan fingerprint density at radius 3 is 2.85 bits per heavy atom. The van der Waals surface area contributed by atoms with Crippen LogP contribution in [0.25, 0.3) is 5.69 Å². The number of nitrogens with zero attached hydrogens (tertiary/aromatic N) is 3. The second-order valence-corrected chi connectivity index (χ2v) is 7.03. The second-order valence-electron chi connectivity index (χ2n) is 7.03. The van der Waals surface area contributed by atoms with Crippen molar-refractivity contribution in [1.29, 1.82) is 0 Å². The maximum Gasteiger partial charge on any atom is 0.257 e. The van der Waals surface area contributed by atoms with Crippen LogP contribution in [0.5, 0.6) is 0 Å². The summed E-state index contributed by atoms with van der Waals surface area (Å²) >= 11 is 0. The summed E-state index contributed by atoms with van der Waals surface area (Å²) < 4.78 is 27.0. The van der Waals surface area contributed by atoms with E-state index in [-0.39, 0.29) is 23.4 Å². The summed E-state index contributed by atoms with van der Waals surface area (Å²) in [5, 5.41) is 4.16. The van der Waals surface area contributed by atoms with Gasteiger partial charge in [0.15, 0.2) is 0 Å². The number of hydrogen-bond donors (Lipinski definition) is 0. The molecule has 0 radical (unpaired) electrons. The fraction of sp³-hybridized carbons (Fsp3) is 0.474. The monoisotopic (exact) mass is 359 g/mol. The molecule has 0 aliphatic carbocycles. The molecule has 0 N–H and O–H groups in total. The first kappa shape index (κ1) is 17.2. The van der Waals surface area contributed by atoms with E-state index >= 15 is 0 Å². The van der Waals surface area contributed by atoms with Gasteiger partial charge >= 0.3 is 0 Å². The van der Waals surface area contributed by atoms with Gasteiger partial charge in [-0.1, -0.05) is 12.1 Å². The summed E-state index contributed by atoms with van der Waals surface area (Å²) in [7, 11) is 0. The highest BCUT2D eigenvalue weighted by Crippen LogP contribution is 2.32. The van der Waals surface area contributed by atoms with Gasteiger partial charge in [0.2, 0.25) is 0 Å². The van der Waals surface area contributed by atoms with Gasteiger partial charge in [0.25, 0.3) is 5.91 Å². The second kappa shape index (κ2) is 6.81. The van der Waals surface area contributed by atoms with Gasteiger partial charge in [0.1, 0.15) is 11.5 Å². The highest BCUT2D eigenvalue weighted by molar-refractivity contribution is 5.94. The minimum absolute atomic E-state index is 0.0348. The lowest BCUT2D eigenvalue weighted by atomic mass is 9.91. The van der Waals surface area contributed by atoms with Gasteiger partial charge in [-0.2, -0.15) is 5.10 Å². The molecule has 1 spiro atoms. The Kier molecular flexibility index (Phi) is 4.50. The largest absolute Gasteiger partial charge is 0.381 e. The normalized spacial score (nSPS) is 22.5. The van der Waals surface area contributed by atoms with E-state index in [0.29, 0.717) is 37.6 Å². The van der Waals surface area contributed by atoms with E-state index < -0.39 is 0 Å². The van der Waals surface area contributed by atoms with Crippen LogP contribution in [0.2, 0.25) is 0 Å². The lowest BCUT2D eigenvalue weighted by Crippen LogP contribution is -2.58. The van der Waals surface area contributed by atoms with E-state index in [1.165, 1.54) is 16.9 Å². The van der Waals surface area contributed by atoms with Crippen molar-refractivity contribution in [2.75, 3.05) is 26.3 Å². The molecule has 7 heteroatoms. The molecule has 1 aromatic carbocycles. The summed E-state index contributed by atoms with van der Waals surface area (Å²) in [6.07, 6.45) is 4.61. The van der Waals surface area contributed by atoms with Gasteiger partial charge in [-0.25, -0.2) is 9.07 Å². The highest BCUT2D eigenvalue weighted by Gasteiger charge is 2.42. The summed E-state index contributed by atoms with van der Waals surface area (Å²) in [4.78, 5) is 14.8. The number of amides is 1. The van der Waals surface area contributed by atoms with Crippen LogP contribution < -0.4 is 0 Å². The van der Waals surface area contributed by atoms with Gasteiger partial charge in [-0.05, 0) is 19.1 Å². The maximum absolute atomic E-state index is 13.9. The summed E-state index contributed by atoms with van der Waals surface area (Å²) in [6, 6.07) is 6.36. The molecule has 2 fully saturated rings. The third kappa shape index (κ3) is 3.24. The Labute approximate surface area is 151 Å². The number of ether oxygens (including phenoxy) is 2. The Bertz CT molecular complexity index is 801. The number of hydrogen-bond acceptors (Lipinski definition) is 4. The quantitative estimate of drug-likeness (QED) is 0.826. The van der Waals surface area contributed by atoms with E-state index in [9.17, 15) is 9.18 Å². The fourth-order valence-electron chi connectivity index (χ4n) is 3.78. The van der Waals surface area contributed by atoms with Crippen LogP contribution >= 0.6 is 0 Å². The minimum Gasteiger partial charge on any atom is -0.381 e. The van der Waals surface area contributed by atoms with Crippen molar-refractivity contribution >= 4 is 5.91 Å². The molecular weight excluding hydrogens is 337 g/mol. The van der Waals surface area contributed by atoms with Crippen molar-refractivity contribution in [1.82, 2.24) is 14.7 Å². The molecule has 2 aromatic rings. The molecule has 6 nitrogen and oxygen atoms in total. The van der Waals surface area contributed by atoms with Crippen molar-refractivity contribution in [3.05, 3.63) is 48.0 Å². The molecule has 1 unspecified atom stereocenters. The Hall–Kier alpha value is -2.25. The average Bonchev–Trinajstić information content (AvgIpc) is 3.11. The van der Waals surface area contributed by atoms with E-state index in [4.69, 9.17) is 9.47 Å². The van der Waals surface area contributed by atoms with Gasteiger partial charge in [-0.15, -0.1) is 0 Å². The summed E-state index contributed by atoms with van der Waals surface area (Å²) in [6.45, 7) is 4.37. The van der Waals surface area contributed by atoms with Gasteiger partial charge in [0.05, 0.1) is 30.0 Å². The molecule has 0 bridgehead atoms. The summed E-state index contributed by atoms with van der Waals surface area (Å²) in [5.74, 6) is -0.482. The topological polar surface area (TPSA) is 56.6 Å². The van der Waals surface area contributed by atoms with Crippen molar-refractivity contribution in [3.63, 3.8) is 0 Å². The van der Waals surface area contributed by atoms with Gasteiger partial charge in [-0.3, -0.25) is 4.79 Å². The van der Waals surface area contributed by atoms with Crippen molar-refractivity contribution in [2.24, 2.45) is 0 Å². The molecule has 26 heavy (non-hydrogen) atoms. The number of halogens is 1. The molecule has 3 heterocycles. The Balaban J connectivity index is 1.55. The van der Waals surface area contributed by atoms with Crippen LogP contribution in [0, 0.1) is 5.82 Å². The third-order valence-electron chi connectivity index (χ3n) is 5.03. The van der Waals surface area contributed by atoms with Crippen LogP contribution in [0.15, 0.2) is 36.7 Å². The molecule has 2 aliphatic heterocycles. The summed E-state index contributed by atoms with van der Waals surface area (Å²) in [5.41, 5.74) is 0.444. The predicted octanol–water partition coefficient (Wildman–Crippen LogP) is 2.42. The van der Waals surface area contributed by atoms with E-state index in [2.05, 4.69) is 5.10 Å². The molecule has 4 rings (SSSR count). The highest BCUT2D eigenvalue weighted by atomic mass is 19.1. The molecule has 1 aromatic heterocycles. The maximum atomic E-state index is 13.9. The molecule has 1 amide bonds. The molecular formula is C19H22FN3O3. The molecule has 138 valence electrons. The smallest absolute Gasteiger partial charge is 0.257 e. The zero-order valence-corrected chi connectivity index (χ0v) is 14.7. The molecule has 0 saturated carbocycles. The Morgan fingerprint density at radius 2 is 2.08 bits per heavy atom. The zero-order valence-electron chi connectivity index (χ0n) is 14.7. The predicted molar refractivity (Wildman–Crippen MR) is 92.8 cm³/mol. The molecule has 2 saturated heterocycles. The number of carbonyl (C=O) groups excluding carboxylic acids is 1. The van der Waals surface area contributed by atoms with Gasteiger partial charge < -0.3 is 14.4 Å². The number of morpholine rings is 1. The van der Waals surface area contributed by atoms with E-state index in [0.717, 1.165) is 12.8 Å². The lowest BCUT2D eigenvalue weighted by Gasteiger charge is -2.47. The first-order valence-corrected chi connectivity index (χ1v) is 8.91. The van der Waals surface area contributed by atoms with Crippen LogP contribution in [0.1, 0.15) is 30.1 Å². The number of aromatic nitrogens is 2. The van der Waals surface area contributed by atoms with Crippen molar-refractivity contribution in [3.8, 4) is 5.69 Å². The van der Waals surface area contributed by atoms with Crippen LogP contribution in [0.3, 0.4) is 0 Å². The van der Waals surface area contributed by atoms with Gasteiger partial charge in [0, 0.05) is 38.8 Å². The number of para-hydroxylation sites is 1. The zero-order chi connectivity index (χ0) is 18.1. The average molecular weight is 359 g/mol.